The predicted octanol–water partition coefficient (Wildman–Crippen LogP) is 6.05. The van der Waals surface area contributed by atoms with Gasteiger partial charge in [-0.1, -0.05) is 54.0 Å². The Morgan fingerprint density at radius 2 is 1.60 bits per heavy atom. The van der Waals surface area contributed by atoms with E-state index in [4.69, 9.17) is 0 Å². The summed E-state index contributed by atoms with van der Waals surface area (Å²) in [6, 6.07) is 1.65. The first kappa shape index (κ1) is 22.0. The highest BCUT2D eigenvalue weighted by atomic mass is 15.0. The third-order valence-electron chi connectivity index (χ3n) is 4.29. The van der Waals surface area contributed by atoms with E-state index in [2.05, 4.69) is 32.7 Å². The molecule has 5 atom stereocenters. The highest BCUT2D eigenvalue weighted by Crippen LogP contribution is 2.43. The van der Waals surface area contributed by atoms with Crippen LogP contribution in [0.25, 0.3) is 0 Å². The molecule has 1 aliphatic heterocycles. The van der Waals surface area contributed by atoms with Crippen molar-refractivity contribution in [2.75, 3.05) is 0 Å². The van der Waals surface area contributed by atoms with Crippen LogP contribution in [0, 0.1) is 17.8 Å². The maximum absolute atomic E-state index is 3.78. The van der Waals surface area contributed by atoms with Gasteiger partial charge in [-0.25, -0.2) is 0 Å². The number of fused-ring (bicyclic) bond motifs is 1. The van der Waals surface area contributed by atoms with Gasteiger partial charge in [-0.3, -0.25) is 0 Å². The largest absolute Gasteiger partial charge is 0.311 e. The second-order valence-electron chi connectivity index (χ2n) is 5.63. The van der Waals surface area contributed by atoms with Gasteiger partial charge in [-0.15, -0.1) is 6.58 Å². The Labute approximate surface area is 129 Å². The molecule has 2 fully saturated rings. The van der Waals surface area contributed by atoms with Gasteiger partial charge >= 0.3 is 0 Å². The predicted molar refractivity (Wildman–Crippen MR) is 95.2 cm³/mol. The molecule has 1 heteroatoms. The zero-order valence-electron chi connectivity index (χ0n) is 15.5. The minimum atomic E-state index is 0.772. The van der Waals surface area contributed by atoms with Crippen LogP contribution < -0.4 is 5.32 Å². The SMILES string of the molecule is C=CC.CC.CC.CCCC1CC2C(C)CC2NC1C. The summed E-state index contributed by atoms with van der Waals surface area (Å²) in [6.07, 6.45) is 7.44. The monoisotopic (exact) mass is 283 g/mol. The maximum Gasteiger partial charge on any atom is 0.0103 e. The molecule has 20 heavy (non-hydrogen) atoms. The van der Waals surface area contributed by atoms with E-state index in [1.165, 1.54) is 25.7 Å². The summed E-state index contributed by atoms with van der Waals surface area (Å²) in [6.45, 7) is 20.4. The molecule has 5 unspecified atom stereocenters. The third-order valence-corrected chi connectivity index (χ3v) is 4.29. The Balaban J connectivity index is 0. The quantitative estimate of drug-likeness (QED) is 0.608. The Morgan fingerprint density at radius 3 is 2.00 bits per heavy atom. The molecule has 122 valence electrons. The van der Waals surface area contributed by atoms with E-state index in [1.54, 1.807) is 6.08 Å². The molecule has 2 aliphatic rings. The van der Waals surface area contributed by atoms with E-state index in [-0.39, 0.29) is 0 Å². The number of hydrogen-bond acceptors (Lipinski definition) is 1. The lowest BCUT2D eigenvalue weighted by atomic mass is 9.62. The summed E-state index contributed by atoms with van der Waals surface area (Å²) in [5.74, 6) is 2.95. The number of nitrogens with one attached hydrogen (secondary N) is 1. The molecule has 1 saturated carbocycles. The number of allylic oxidation sites excluding steroid dienone is 1. The molecule has 1 N–H and O–H groups in total. The standard InChI is InChI=1S/C12H23N.C3H6.2C2H6/c1-4-5-10-7-11-8(2)6-12(11)13-9(10)3;1-3-2;2*1-2/h8-13H,4-7H2,1-3H3;3H,1H2,2H3;2*1-2H3. The first-order valence-corrected chi connectivity index (χ1v) is 8.97. The lowest BCUT2D eigenvalue weighted by Crippen LogP contribution is -2.59. The van der Waals surface area contributed by atoms with Crippen molar-refractivity contribution >= 4 is 0 Å². The summed E-state index contributed by atoms with van der Waals surface area (Å²) < 4.78 is 0. The molecule has 0 radical (unpaired) electrons. The molecule has 0 aromatic carbocycles. The molecule has 0 spiro atoms. The average molecular weight is 284 g/mol. The fraction of sp³-hybridized carbons (Fsp3) is 0.895. The first-order valence-electron chi connectivity index (χ1n) is 8.97. The Morgan fingerprint density at radius 1 is 1.10 bits per heavy atom. The van der Waals surface area contributed by atoms with E-state index < -0.39 is 0 Å². The van der Waals surface area contributed by atoms with Crippen molar-refractivity contribution in [3.63, 3.8) is 0 Å². The molecular weight excluding hydrogens is 242 g/mol. The molecule has 1 aliphatic carbocycles. The van der Waals surface area contributed by atoms with Crippen LogP contribution in [0.3, 0.4) is 0 Å². The van der Waals surface area contributed by atoms with Crippen LogP contribution in [0.2, 0.25) is 0 Å². The van der Waals surface area contributed by atoms with E-state index in [1.807, 2.05) is 34.6 Å². The van der Waals surface area contributed by atoms with Gasteiger partial charge in [0.2, 0.25) is 0 Å². The van der Waals surface area contributed by atoms with E-state index in [9.17, 15) is 0 Å². The van der Waals surface area contributed by atoms with E-state index in [0.29, 0.717) is 0 Å². The lowest BCUT2D eigenvalue weighted by molar-refractivity contribution is 0.0303. The van der Waals surface area contributed by atoms with Crippen LogP contribution in [-0.4, -0.2) is 12.1 Å². The summed E-state index contributed by atoms with van der Waals surface area (Å²) in [7, 11) is 0. The first-order chi connectivity index (χ1) is 9.63. The summed E-state index contributed by atoms with van der Waals surface area (Å²) in [4.78, 5) is 0. The van der Waals surface area contributed by atoms with Crippen LogP contribution >= 0.6 is 0 Å². The van der Waals surface area contributed by atoms with Crippen molar-refractivity contribution in [3.8, 4) is 0 Å². The van der Waals surface area contributed by atoms with Gasteiger partial charge in [0.25, 0.3) is 0 Å². The third kappa shape index (κ3) is 6.92. The molecule has 0 aromatic rings. The van der Waals surface area contributed by atoms with Crippen LogP contribution in [0.5, 0.6) is 0 Å². The second-order valence-corrected chi connectivity index (χ2v) is 5.63. The fourth-order valence-electron chi connectivity index (χ4n) is 3.31. The van der Waals surface area contributed by atoms with Gasteiger partial charge in [-0.2, -0.15) is 0 Å². The van der Waals surface area contributed by atoms with Gasteiger partial charge in [0, 0.05) is 12.1 Å². The molecule has 2 rings (SSSR count). The van der Waals surface area contributed by atoms with Gasteiger partial charge in [-0.05, 0) is 50.9 Å². The van der Waals surface area contributed by atoms with Crippen molar-refractivity contribution in [3.05, 3.63) is 12.7 Å². The van der Waals surface area contributed by atoms with Crippen LogP contribution in [0.4, 0.5) is 0 Å². The van der Waals surface area contributed by atoms with Crippen LogP contribution in [0.15, 0.2) is 12.7 Å². The van der Waals surface area contributed by atoms with E-state index in [0.717, 1.165) is 29.8 Å². The molecule has 1 saturated heterocycles. The smallest absolute Gasteiger partial charge is 0.0103 e. The maximum atomic E-state index is 3.78. The van der Waals surface area contributed by atoms with Crippen molar-refractivity contribution < 1.29 is 0 Å². The van der Waals surface area contributed by atoms with E-state index >= 15 is 0 Å². The van der Waals surface area contributed by atoms with Gasteiger partial charge in [0.1, 0.15) is 0 Å². The average Bonchev–Trinajstić information content (AvgIpc) is 2.47. The van der Waals surface area contributed by atoms with Crippen molar-refractivity contribution in [1.29, 1.82) is 0 Å². The Bertz CT molecular complexity index is 212. The Kier molecular flexibility index (Phi) is 15.0. The highest BCUT2D eigenvalue weighted by molar-refractivity contribution is 4.99. The van der Waals surface area contributed by atoms with Crippen LogP contribution in [0.1, 0.15) is 81.1 Å². The molecule has 0 bridgehead atoms. The number of hydrogen-bond donors (Lipinski definition) is 1. The van der Waals surface area contributed by atoms with Crippen LogP contribution in [-0.2, 0) is 0 Å². The van der Waals surface area contributed by atoms with Gasteiger partial charge in [0.05, 0.1) is 0 Å². The minimum Gasteiger partial charge on any atom is -0.311 e. The highest BCUT2D eigenvalue weighted by Gasteiger charge is 2.43. The van der Waals surface area contributed by atoms with Crippen molar-refractivity contribution in [2.45, 2.75) is 93.2 Å². The molecule has 1 heterocycles. The minimum absolute atomic E-state index is 0.772. The molecular formula is C19H41N. The molecule has 0 amide bonds. The fourth-order valence-corrected chi connectivity index (χ4v) is 3.31. The summed E-state index contributed by atoms with van der Waals surface area (Å²) >= 11 is 0. The topological polar surface area (TPSA) is 12.0 Å². The number of rotatable bonds is 2. The van der Waals surface area contributed by atoms with Crippen molar-refractivity contribution in [1.82, 2.24) is 5.32 Å². The number of piperidine rings is 1. The van der Waals surface area contributed by atoms with Gasteiger partial charge in [0.15, 0.2) is 0 Å². The second kappa shape index (κ2) is 13.7. The van der Waals surface area contributed by atoms with Crippen molar-refractivity contribution in [2.24, 2.45) is 17.8 Å². The molecule has 1 nitrogen and oxygen atoms in total. The zero-order valence-corrected chi connectivity index (χ0v) is 15.5. The lowest BCUT2D eigenvalue weighted by Gasteiger charge is -2.52. The summed E-state index contributed by atoms with van der Waals surface area (Å²) in [5.41, 5.74) is 0. The summed E-state index contributed by atoms with van der Waals surface area (Å²) in [5, 5.41) is 3.78. The normalized spacial score (nSPS) is 33.5. The Hall–Kier alpha value is -0.300. The zero-order chi connectivity index (χ0) is 16.1. The molecule has 0 aromatic heterocycles. The van der Waals surface area contributed by atoms with Gasteiger partial charge < -0.3 is 5.32 Å².